The van der Waals surface area contributed by atoms with Gasteiger partial charge in [-0.2, -0.15) is 0 Å². The molecule has 0 atom stereocenters. The molecule has 0 radical (unpaired) electrons. The smallest absolute Gasteiger partial charge is 0.0541 e. The van der Waals surface area contributed by atoms with Gasteiger partial charge in [-0.05, 0) is 101 Å². The summed E-state index contributed by atoms with van der Waals surface area (Å²) in [5.41, 5.74) is 10.7. The van der Waals surface area contributed by atoms with Crippen LogP contribution in [0.3, 0.4) is 0 Å². The van der Waals surface area contributed by atoms with Crippen LogP contribution in [0.25, 0.3) is 81.0 Å². The van der Waals surface area contributed by atoms with E-state index in [0.29, 0.717) is 0 Å². The van der Waals surface area contributed by atoms with Gasteiger partial charge in [0.25, 0.3) is 0 Å². The van der Waals surface area contributed by atoms with Crippen LogP contribution in [0.2, 0.25) is 0 Å². The summed E-state index contributed by atoms with van der Waals surface area (Å²) in [6.07, 6.45) is 3.76. The molecule has 0 amide bonds. The second kappa shape index (κ2) is 10.6. The third-order valence-electron chi connectivity index (χ3n) is 8.73. The fraction of sp³-hybridized carbons (Fsp3) is 0. The molecule has 3 aromatic heterocycles. The highest BCUT2D eigenvalue weighted by molar-refractivity contribution is 9.10. The average molecular weight is 658 g/mol. The van der Waals surface area contributed by atoms with Gasteiger partial charge in [-0.3, -0.25) is 4.98 Å². The first-order valence-electron chi connectivity index (χ1n) is 15.0. The Morgan fingerprint density at radius 1 is 0.467 bits per heavy atom. The van der Waals surface area contributed by atoms with Crippen LogP contribution in [0, 0.1) is 0 Å². The van der Waals surface area contributed by atoms with E-state index in [1.807, 2.05) is 29.8 Å². The quantitative estimate of drug-likeness (QED) is 0.184. The zero-order valence-corrected chi connectivity index (χ0v) is 26.5. The first-order chi connectivity index (χ1) is 22.2. The summed E-state index contributed by atoms with van der Waals surface area (Å²) >= 11 is 5.48. The maximum Gasteiger partial charge on any atom is 0.0541 e. The number of nitrogens with zero attached hydrogens (tertiary/aromatic N) is 2. The Kier molecular flexibility index (Phi) is 6.19. The molecule has 0 N–H and O–H groups in total. The normalized spacial score (nSPS) is 11.7. The zero-order chi connectivity index (χ0) is 29.9. The van der Waals surface area contributed by atoms with Crippen LogP contribution < -0.4 is 0 Å². The molecule has 0 aliphatic carbocycles. The summed E-state index contributed by atoms with van der Waals surface area (Å²) in [6, 6.07) is 50.8. The number of benzene rings is 6. The number of pyridine rings is 1. The summed E-state index contributed by atoms with van der Waals surface area (Å²) in [6.45, 7) is 0. The molecule has 0 fully saturated rings. The van der Waals surface area contributed by atoms with Gasteiger partial charge in [0.15, 0.2) is 0 Å². The molecule has 6 aromatic carbocycles. The number of halogens is 1. The molecule has 0 aliphatic heterocycles. The second-order valence-corrected chi connectivity index (χ2v) is 13.4. The summed E-state index contributed by atoms with van der Waals surface area (Å²) in [4.78, 5) is 4.34. The van der Waals surface area contributed by atoms with Crippen molar-refractivity contribution < 1.29 is 0 Å². The van der Waals surface area contributed by atoms with E-state index >= 15 is 0 Å². The summed E-state index contributed by atoms with van der Waals surface area (Å²) < 4.78 is 6.10. The number of thiophene rings is 1. The Morgan fingerprint density at radius 3 is 1.93 bits per heavy atom. The standard InChI is InChI=1S/C41H25BrN2S/c42-32-10-4-8-28(21-32)26-6-3-7-27(20-26)29-13-16-39-35(22-29)34-11-1-2-12-38(34)44(39)33-15-18-41-37(24-33)36-23-30(14-17-40(36)45-41)31-9-5-19-43-25-31/h1-25H. The number of para-hydroxylation sites is 1. The molecule has 0 saturated heterocycles. The Balaban J connectivity index is 1.20. The zero-order valence-electron chi connectivity index (χ0n) is 24.1. The Morgan fingerprint density at radius 2 is 1.11 bits per heavy atom. The minimum Gasteiger partial charge on any atom is -0.309 e. The highest BCUT2D eigenvalue weighted by Crippen LogP contribution is 2.40. The van der Waals surface area contributed by atoms with Crippen molar-refractivity contribution in [3.8, 4) is 39.1 Å². The third kappa shape index (κ3) is 4.49. The molecular weight excluding hydrogens is 632 g/mol. The van der Waals surface area contributed by atoms with Crippen molar-refractivity contribution in [1.29, 1.82) is 0 Å². The maximum absolute atomic E-state index is 4.34. The lowest BCUT2D eigenvalue weighted by molar-refractivity contribution is 1.19. The van der Waals surface area contributed by atoms with E-state index in [0.717, 1.165) is 10.0 Å². The van der Waals surface area contributed by atoms with Crippen LogP contribution in [0.4, 0.5) is 0 Å². The van der Waals surface area contributed by atoms with Gasteiger partial charge < -0.3 is 4.57 Å². The van der Waals surface area contributed by atoms with Crippen molar-refractivity contribution in [3.63, 3.8) is 0 Å². The van der Waals surface area contributed by atoms with E-state index in [4.69, 9.17) is 0 Å². The van der Waals surface area contributed by atoms with Gasteiger partial charge in [0, 0.05) is 59.1 Å². The topological polar surface area (TPSA) is 17.8 Å². The van der Waals surface area contributed by atoms with Gasteiger partial charge in [0.05, 0.1) is 11.0 Å². The third-order valence-corrected chi connectivity index (χ3v) is 10.4. The minimum absolute atomic E-state index is 1.09. The predicted molar refractivity (Wildman–Crippen MR) is 195 cm³/mol. The molecule has 0 saturated carbocycles. The van der Waals surface area contributed by atoms with Gasteiger partial charge in [-0.25, -0.2) is 0 Å². The van der Waals surface area contributed by atoms with E-state index in [9.17, 15) is 0 Å². The van der Waals surface area contributed by atoms with Crippen molar-refractivity contribution in [1.82, 2.24) is 9.55 Å². The maximum atomic E-state index is 4.34. The van der Waals surface area contributed by atoms with Gasteiger partial charge in [0.1, 0.15) is 0 Å². The lowest BCUT2D eigenvalue weighted by atomic mass is 9.98. The molecule has 2 nitrogen and oxygen atoms in total. The molecule has 45 heavy (non-hydrogen) atoms. The number of rotatable bonds is 4. The highest BCUT2D eigenvalue weighted by Gasteiger charge is 2.15. The van der Waals surface area contributed by atoms with E-state index in [-0.39, 0.29) is 0 Å². The first-order valence-corrected chi connectivity index (χ1v) is 16.6. The number of fused-ring (bicyclic) bond motifs is 6. The van der Waals surface area contributed by atoms with E-state index in [2.05, 4.69) is 159 Å². The second-order valence-electron chi connectivity index (χ2n) is 11.4. The molecular formula is C41H25BrN2S. The highest BCUT2D eigenvalue weighted by atomic mass is 79.9. The van der Waals surface area contributed by atoms with Crippen LogP contribution in [0.1, 0.15) is 0 Å². The molecule has 212 valence electrons. The van der Waals surface area contributed by atoms with Crippen molar-refractivity contribution in [2.45, 2.75) is 0 Å². The largest absolute Gasteiger partial charge is 0.309 e. The van der Waals surface area contributed by atoms with Crippen molar-refractivity contribution in [3.05, 3.63) is 156 Å². The van der Waals surface area contributed by atoms with Crippen LogP contribution >= 0.6 is 27.3 Å². The summed E-state index contributed by atoms with van der Waals surface area (Å²) in [7, 11) is 0. The van der Waals surface area contributed by atoms with Crippen molar-refractivity contribution in [2.24, 2.45) is 0 Å². The van der Waals surface area contributed by atoms with Crippen molar-refractivity contribution in [2.75, 3.05) is 0 Å². The van der Waals surface area contributed by atoms with Gasteiger partial charge in [-0.1, -0.05) is 82.7 Å². The molecule has 9 aromatic rings. The molecule has 9 rings (SSSR count). The molecule has 0 unspecified atom stereocenters. The lowest BCUT2D eigenvalue weighted by Crippen LogP contribution is -1.93. The molecule has 0 bridgehead atoms. The van der Waals surface area contributed by atoms with Crippen LogP contribution in [-0.2, 0) is 0 Å². The van der Waals surface area contributed by atoms with E-state index < -0.39 is 0 Å². The number of aromatic nitrogens is 2. The summed E-state index contributed by atoms with van der Waals surface area (Å²) in [5.74, 6) is 0. The Bertz CT molecular complexity index is 2560. The number of hydrogen-bond acceptors (Lipinski definition) is 2. The van der Waals surface area contributed by atoms with Gasteiger partial charge in [-0.15, -0.1) is 11.3 Å². The van der Waals surface area contributed by atoms with Crippen LogP contribution in [-0.4, -0.2) is 9.55 Å². The average Bonchev–Trinajstić information content (AvgIpc) is 3.63. The lowest BCUT2D eigenvalue weighted by Gasteiger charge is -2.10. The van der Waals surface area contributed by atoms with Crippen LogP contribution in [0.5, 0.6) is 0 Å². The van der Waals surface area contributed by atoms with E-state index in [1.165, 1.54) is 75.5 Å². The van der Waals surface area contributed by atoms with E-state index in [1.54, 1.807) is 0 Å². The Hall–Kier alpha value is -5.03. The first kappa shape index (κ1) is 26.4. The monoisotopic (exact) mass is 656 g/mol. The van der Waals surface area contributed by atoms with Crippen molar-refractivity contribution >= 4 is 69.2 Å². The fourth-order valence-electron chi connectivity index (χ4n) is 6.59. The molecule has 3 heterocycles. The molecule has 0 aliphatic rings. The predicted octanol–water partition coefficient (Wildman–Crippen LogP) is 12.3. The van der Waals surface area contributed by atoms with Gasteiger partial charge >= 0.3 is 0 Å². The fourth-order valence-corrected chi connectivity index (χ4v) is 8.06. The molecule has 0 spiro atoms. The Labute approximate surface area is 273 Å². The molecule has 4 heteroatoms. The minimum atomic E-state index is 1.09. The number of hydrogen-bond donors (Lipinski definition) is 0. The summed E-state index contributed by atoms with van der Waals surface area (Å²) in [5, 5.41) is 5.08. The SMILES string of the molecule is Brc1cccc(-c2cccc(-c3ccc4c(c3)c3ccccc3n4-c3ccc4sc5ccc(-c6cccnc6)cc5c4c3)c2)c1. The van der Waals surface area contributed by atoms with Gasteiger partial charge in [0.2, 0.25) is 0 Å². The van der Waals surface area contributed by atoms with Crippen LogP contribution in [0.15, 0.2) is 156 Å².